The van der Waals surface area contributed by atoms with Gasteiger partial charge in [-0.15, -0.1) is 0 Å². The highest BCUT2D eigenvalue weighted by Crippen LogP contribution is 2.18. The first-order valence-electron chi connectivity index (χ1n) is 7.12. The van der Waals surface area contributed by atoms with E-state index in [1.165, 1.54) is 0 Å². The maximum absolute atomic E-state index is 12.1. The molecule has 1 aliphatic heterocycles. The summed E-state index contributed by atoms with van der Waals surface area (Å²) in [7, 11) is 0. The summed E-state index contributed by atoms with van der Waals surface area (Å²) in [5.41, 5.74) is 0. The van der Waals surface area contributed by atoms with Gasteiger partial charge >= 0.3 is 0 Å². The maximum atomic E-state index is 12.1. The van der Waals surface area contributed by atoms with Gasteiger partial charge in [0.25, 0.3) is 0 Å². The number of amides is 2. The van der Waals surface area contributed by atoms with Crippen LogP contribution < -0.4 is 5.32 Å². The van der Waals surface area contributed by atoms with Crippen LogP contribution in [0, 0.1) is 11.8 Å². The molecule has 2 amide bonds. The van der Waals surface area contributed by atoms with Gasteiger partial charge in [-0.3, -0.25) is 9.59 Å². The van der Waals surface area contributed by atoms with Crippen molar-refractivity contribution in [2.75, 3.05) is 13.1 Å². The maximum Gasteiger partial charge on any atom is 0.225 e. The van der Waals surface area contributed by atoms with Crippen LogP contribution in [0.3, 0.4) is 0 Å². The Morgan fingerprint density at radius 3 is 3.00 bits per heavy atom. The van der Waals surface area contributed by atoms with Crippen LogP contribution in [0.25, 0.3) is 0 Å². The monoisotopic (exact) mass is 278 g/mol. The highest BCUT2D eigenvalue weighted by atomic mass is 16.2. The first-order valence-corrected chi connectivity index (χ1v) is 7.12. The molecule has 110 valence electrons. The number of aromatic amines is 1. The van der Waals surface area contributed by atoms with Gasteiger partial charge in [0.2, 0.25) is 11.8 Å². The van der Waals surface area contributed by atoms with Gasteiger partial charge in [-0.1, -0.05) is 13.8 Å². The molecule has 0 saturated carbocycles. The molecule has 2 N–H and O–H groups in total. The summed E-state index contributed by atoms with van der Waals surface area (Å²) in [4.78, 5) is 33.0. The smallest absolute Gasteiger partial charge is 0.225 e. The van der Waals surface area contributed by atoms with E-state index >= 15 is 0 Å². The highest BCUT2D eigenvalue weighted by Gasteiger charge is 2.29. The van der Waals surface area contributed by atoms with E-state index in [2.05, 4.69) is 15.3 Å². The average molecular weight is 278 g/mol. The number of carbonyl (C=O) groups excluding carboxylic acids is 2. The SMILES string of the molecule is CC(C)C(=O)N1CCCC(C(=O)NCc2ncc[nH]2)C1. The number of hydrogen-bond donors (Lipinski definition) is 2. The van der Waals surface area contributed by atoms with Crippen LogP contribution in [0.5, 0.6) is 0 Å². The van der Waals surface area contributed by atoms with E-state index in [1.807, 2.05) is 18.7 Å². The van der Waals surface area contributed by atoms with Gasteiger partial charge in [-0.2, -0.15) is 0 Å². The van der Waals surface area contributed by atoms with Crippen LogP contribution >= 0.6 is 0 Å². The first-order chi connectivity index (χ1) is 9.58. The van der Waals surface area contributed by atoms with E-state index in [1.54, 1.807) is 12.4 Å². The number of rotatable bonds is 4. The summed E-state index contributed by atoms with van der Waals surface area (Å²) in [6.07, 6.45) is 5.11. The summed E-state index contributed by atoms with van der Waals surface area (Å²) < 4.78 is 0. The van der Waals surface area contributed by atoms with E-state index in [0.29, 0.717) is 13.1 Å². The number of likely N-dealkylation sites (tertiary alicyclic amines) is 1. The first kappa shape index (κ1) is 14.6. The lowest BCUT2D eigenvalue weighted by Crippen LogP contribution is -2.46. The van der Waals surface area contributed by atoms with Crippen LogP contribution in [0.15, 0.2) is 12.4 Å². The second-order valence-electron chi connectivity index (χ2n) is 5.53. The number of carbonyl (C=O) groups is 2. The Labute approximate surface area is 119 Å². The zero-order valence-electron chi connectivity index (χ0n) is 12.1. The molecule has 0 aliphatic carbocycles. The van der Waals surface area contributed by atoms with Crippen molar-refractivity contribution in [1.29, 1.82) is 0 Å². The van der Waals surface area contributed by atoms with E-state index in [9.17, 15) is 9.59 Å². The van der Waals surface area contributed by atoms with Gasteiger partial charge in [0.05, 0.1) is 12.5 Å². The highest BCUT2D eigenvalue weighted by molar-refractivity contribution is 5.82. The van der Waals surface area contributed by atoms with Crippen molar-refractivity contribution in [2.24, 2.45) is 11.8 Å². The molecule has 1 atom stereocenters. The molecule has 1 fully saturated rings. The summed E-state index contributed by atoms with van der Waals surface area (Å²) in [6, 6.07) is 0. The second kappa shape index (κ2) is 6.54. The fourth-order valence-electron chi connectivity index (χ4n) is 2.47. The fourth-order valence-corrected chi connectivity index (χ4v) is 2.47. The third-order valence-corrected chi connectivity index (χ3v) is 3.58. The zero-order valence-corrected chi connectivity index (χ0v) is 12.1. The molecule has 1 aromatic rings. The molecule has 2 rings (SSSR count). The van der Waals surface area contributed by atoms with Crippen LogP contribution in [0.2, 0.25) is 0 Å². The molecule has 1 unspecified atom stereocenters. The number of imidazole rings is 1. The van der Waals surface area contributed by atoms with Crippen molar-refractivity contribution in [3.63, 3.8) is 0 Å². The molecule has 0 radical (unpaired) electrons. The van der Waals surface area contributed by atoms with Gasteiger partial charge < -0.3 is 15.2 Å². The standard InChI is InChI=1S/C14H22N4O2/c1-10(2)14(20)18-7-3-4-11(9-18)13(19)17-8-12-15-5-6-16-12/h5-6,10-11H,3-4,7-9H2,1-2H3,(H,15,16)(H,17,19). The Morgan fingerprint density at radius 1 is 1.55 bits per heavy atom. The van der Waals surface area contributed by atoms with E-state index in [-0.39, 0.29) is 23.7 Å². The fraction of sp³-hybridized carbons (Fsp3) is 0.643. The van der Waals surface area contributed by atoms with Crippen molar-refractivity contribution in [2.45, 2.75) is 33.2 Å². The second-order valence-corrected chi connectivity index (χ2v) is 5.53. The van der Waals surface area contributed by atoms with E-state index in [4.69, 9.17) is 0 Å². The minimum atomic E-state index is -0.110. The largest absolute Gasteiger partial charge is 0.349 e. The molecule has 0 bridgehead atoms. The lowest BCUT2D eigenvalue weighted by molar-refractivity contribution is -0.138. The predicted molar refractivity (Wildman–Crippen MR) is 74.6 cm³/mol. The van der Waals surface area contributed by atoms with Crippen LogP contribution in [0.1, 0.15) is 32.5 Å². The van der Waals surface area contributed by atoms with Crippen LogP contribution in [0.4, 0.5) is 0 Å². The quantitative estimate of drug-likeness (QED) is 0.859. The number of aromatic nitrogens is 2. The zero-order chi connectivity index (χ0) is 14.5. The van der Waals surface area contributed by atoms with Gasteiger partial charge in [0.1, 0.15) is 5.82 Å². The third-order valence-electron chi connectivity index (χ3n) is 3.58. The molecule has 2 heterocycles. The number of hydrogen-bond acceptors (Lipinski definition) is 3. The van der Waals surface area contributed by atoms with Crippen molar-refractivity contribution in [3.8, 4) is 0 Å². The summed E-state index contributed by atoms with van der Waals surface area (Å²) in [6.45, 7) is 5.48. The Hall–Kier alpha value is -1.85. The summed E-state index contributed by atoms with van der Waals surface area (Å²) >= 11 is 0. The normalized spacial score (nSPS) is 19.1. The topological polar surface area (TPSA) is 78.1 Å². The lowest BCUT2D eigenvalue weighted by Gasteiger charge is -2.33. The summed E-state index contributed by atoms with van der Waals surface area (Å²) in [5, 5.41) is 2.87. The molecule has 1 saturated heterocycles. The summed E-state index contributed by atoms with van der Waals surface area (Å²) in [5.74, 6) is 0.752. The third kappa shape index (κ3) is 3.59. The average Bonchev–Trinajstić information content (AvgIpc) is 2.97. The Morgan fingerprint density at radius 2 is 2.35 bits per heavy atom. The predicted octanol–water partition coefficient (Wildman–Crippen LogP) is 0.920. The van der Waals surface area contributed by atoms with E-state index < -0.39 is 0 Å². The molecule has 6 nitrogen and oxygen atoms in total. The Kier molecular flexibility index (Phi) is 4.76. The number of nitrogens with one attached hydrogen (secondary N) is 2. The Balaban J connectivity index is 1.85. The van der Waals surface area contributed by atoms with Crippen LogP contribution in [-0.4, -0.2) is 39.8 Å². The van der Waals surface area contributed by atoms with E-state index in [0.717, 1.165) is 25.2 Å². The molecule has 6 heteroatoms. The van der Waals surface area contributed by atoms with Gasteiger partial charge in [0, 0.05) is 31.4 Å². The van der Waals surface area contributed by atoms with Crippen molar-refractivity contribution >= 4 is 11.8 Å². The molecule has 0 aromatic carbocycles. The van der Waals surface area contributed by atoms with Crippen LogP contribution in [-0.2, 0) is 16.1 Å². The number of piperidine rings is 1. The van der Waals surface area contributed by atoms with Crippen molar-refractivity contribution in [1.82, 2.24) is 20.2 Å². The van der Waals surface area contributed by atoms with Gasteiger partial charge in [-0.05, 0) is 12.8 Å². The molecule has 20 heavy (non-hydrogen) atoms. The minimum Gasteiger partial charge on any atom is -0.349 e. The molecule has 0 spiro atoms. The molecule has 1 aromatic heterocycles. The molecular weight excluding hydrogens is 256 g/mol. The molecule has 1 aliphatic rings. The number of H-pyrrole nitrogens is 1. The van der Waals surface area contributed by atoms with Gasteiger partial charge in [0.15, 0.2) is 0 Å². The van der Waals surface area contributed by atoms with Crippen molar-refractivity contribution in [3.05, 3.63) is 18.2 Å². The number of nitrogens with zero attached hydrogens (tertiary/aromatic N) is 2. The van der Waals surface area contributed by atoms with Crippen molar-refractivity contribution < 1.29 is 9.59 Å². The molecular formula is C14H22N4O2. The minimum absolute atomic E-state index is 0.00246. The Bertz CT molecular complexity index is 456. The van der Waals surface area contributed by atoms with Gasteiger partial charge in [-0.25, -0.2) is 4.98 Å². The lowest BCUT2D eigenvalue weighted by atomic mass is 9.96.